The summed E-state index contributed by atoms with van der Waals surface area (Å²) >= 11 is 0. The molecule has 1 aromatic carbocycles. The highest BCUT2D eigenvalue weighted by atomic mass is 16.6. The van der Waals surface area contributed by atoms with Gasteiger partial charge in [-0.25, -0.2) is 9.59 Å². The largest absolute Gasteiger partial charge is 0.493 e. The van der Waals surface area contributed by atoms with Crippen molar-refractivity contribution in [2.24, 2.45) is 0 Å². The number of hydrogen-bond acceptors (Lipinski definition) is 6. The monoisotopic (exact) mass is 294 g/mol. The van der Waals surface area contributed by atoms with Crippen molar-refractivity contribution in [3.8, 4) is 11.5 Å². The third-order valence-electron chi connectivity index (χ3n) is 2.46. The van der Waals surface area contributed by atoms with Crippen LogP contribution in [0, 0.1) is 0 Å². The first kappa shape index (κ1) is 16.6. The van der Waals surface area contributed by atoms with Crippen molar-refractivity contribution < 1.29 is 28.5 Å². The van der Waals surface area contributed by atoms with E-state index >= 15 is 0 Å². The summed E-state index contributed by atoms with van der Waals surface area (Å²) < 4.78 is 19.7. The quantitative estimate of drug-likeness (QED) is 0.564. The zero-order valence-corrected chi connectivity index (χ0v) is 12.3. The van der Waals surface area contributed by atoms with E-state index < -0.39 is 11.9 Å². The van der Waals surface area contributed by atoms with E-state index in [-0.39, 0.29) is 6.61 Å². The Labute approximate surface area is 123 Å². The Hall–Kier alpha value is -2.50. The summed E-state index contributed by atoms with van der Waals surface area (Å²) in [5.41, 5.74) is 0.741. The van der Waals surface area contributed by atoms with Crippen LogP contribution in [0.1, 0.15) is 12.5 Å². The van der Waals surface area contributed by atoms with Crippen LogP contribution in [-0.2, 0) is 19.1 Å². The van der Waals surface area contributed by atoms with E-state index in [0.29, 0.717) is 18.1 Å². The number of ether oxygens (including phenoxy) is 4. The van der Waals surface area contributed by atoms with Crippen LogP contribution in [0.25, 0.3) is 6.08 Å². The minimum atomic E-state index is -0.483. The summed E-state index contributed by atoms with van der Waals surface area (Å²) in [6.45, 7) is 1.86. The molecule has 1 rings (SSSR count). The van der Waals surface area contributed by atoms with E-state index in [1.165, 1.54) is 20.3 Å². The maximum absolute atomic E-state index is 11.2. The topological polar surface area (TPSA) is 71.1 Å². The predicted octanol–water partition coefficient (Wildman–Crippen LogP) is 1.82. The Morgan fingerprint density at radius 1 is 1.19 bits per heavy atom. The van der Waals surface area contributed by atoms with Crippen molar-refractivity contribution in [2.45, 2.75) is 6.92 Å². The summed E-state index contributed by atoms with van der Waals surface area (Å²) in [4.78, 5) is 22.3. The maximum atomic E-state index is 11.2. The maximum Gasteiger partial charge on any atom is 0.343 e. The minimum absolute atomic E-state index is 0.204. The normalized spacial score (nSPS) is 10.2. The SMILES string of the molecule is CCOC(=O)/C=C\c1ccc(OCC(=O)OC)c(OC)c1. The highest BCUT2D eigenvalue weighted by Crippen LogP contribution is 2.28. The number of esters is 2. The van der Waals surface area contributed by atoms with Crippen LogP contribution in [0.4, 0.5) is 0 Å². The third kappa shape index (κ3) is 5.56. The lowest BCUT2D eigenvalue weighted by atomic mass is 10.2. The number of carbonyl (C=O) groups is 2. The number of carbonyl (C=O) groups excluding carboxylic acids is 2. The molecule has 0 aliphatic carbocycles. The Bertz CT molecular complexity index is 521. The van der Waals surface area contributed by atoms with Crippen LogP contribution in [0.5, 0.6) is 11.5 Å². The highest BCUT2D eigenvalue weighted by Gasteiger charge is 2.08. The molecule has 1 aromatic rings. The molecule has 114 valence electrons. The zero-order valence-electron chi connectivity index (χ0n) is 12.3. The van der Waals surface area contributed by atoms with Crippen LogP contribution in [0.2, 0.25) is 0 Å². The summed E-state index contributed by atoms with van der Waals surface area (Å²) in [5.74, 6) is -0.0353. The summed E-state index contributed by atoms with van der Waals surface area (Å²) in [6, 6.07) is 5.06. The molecule has 0 heterocycles. The van der Waals surface area contributed by atoms with E-state index in [0.717, 1.165) is 5.56 Å². The molecule has 0 unspecified atom stereocenters. The second-order valence-electron chi connectivity index (χ2n) is 3.86. The molecule has 0 atom stereocenters. The van der Waals surface area contributed by atoms with Crippen LogP contribution >= 0.6 is 0 Å². The van der Waals surface area contributed by atoms with Crippen molar-refractivity contribution in [3.05, 3.63) is 29.8 Å². The van der Waals surface area contributed by atoms with E-state index in [1.807, 2.05) is 0 Å². The Morgan fingerprint density at radius 3 is 2.57 bits per heavy atom. The van der Waals surface area contributed by atoms with Gasteiger partial charge in [-0.15, -0.1) is 0 Å². The van der Waals surface area contributed by atoms with Crippen LogP contribution in [0.15, 0.2) is 24.3 Å². The van der Waals surface area contributed by atoms with E-state index in [1.54, 1.807) is 31.2 Å². The van der Waals surface area contributed by atoms with Gasteiger partial charge < -0.3 is 18.9 Å². The lowest BCUT2D eigenvalue weighted by molar-refractivity contribution is -0.143. The summed E-state index contributed by atoms with van der Waals surface area (Å²) in [6.07, 6.45) is 2.93. The van der Waals surface area contributed by atoms with Crippen molar-refractivity contribution >= 4 is 18.0 Å². The fourth-order valence-electron chi connectivity index (χ4n) is 1.46. The van der Waals surface area contributed by atoms with Gasteiger partial charge in [0.15, 0.2) is 18.1 Å². The molecule has 0 saturated carbocycles. The standard InChI is InChI=1S/C15H18O6/c1-4-20-14(16)8-6-11-5-7-12(13(9-11)18-2)21-10-15(17)19-3/h5-9H,4,10H2,1-3H3/b8-6-. The fraction of sp³-hybridized carbons (Fsp3) is 0.333. The second-order valence-corrected chi connectivity index (χ2v) is 3.86. The molecule has 0 saturated heterocycles. The summed E-state index contributed by atoms with van der Waals surface area (Å²) in [5, 5.41) is 0. The average Bonchev–Trinajstić information content (AvgIpc) is 2.51. The molecule has 6 nitrogen and oxygen atoms in total. The van der Waals surface area contributed by atoms with Gasteiger partial charge in [-0.2, -0.15) is 0 Å². The Balaban J connectivity index is 2.78. The molecule has 0 fully saturated rings. The lowest BCUT2D eigenvalue weighted by Crippen LogP contribution is -2.12. The van der Waals surface area contributed by atoms with E-state index in [9.17, 15) is 9.59 Å². The van der Waals surface area contributed by atoms with Gasteiger partial charge in [0.05, 0.1) is 20.8 Å². The molecule has 0 aliphatic heterocycles. The van der Waals surface area contributed by atoms with Crippen molar-refractivity contribution in [2.75, 3.05) is 27.4 Å². The molecular formula is C15H18O6. The molecular weight excluding hydrogens is 276 g/mol. The molecule has 6 heteroatoms. The van der Waals surface area contributed by atoms with Crippen LogP contribution in [0.3, 0.4) is 0 Å². The molecule has 0 amide bonds. The lowest BCUT2D eigenvalue weighted by Gasteiger charge is -2.10. The van der Waals surface area contributed by atoms with Crippen molar-refractivity contribution in [3.63, 3.8) is 0 Å². The van der Waals surface area contributed by atoms with Crippen LogP contribution in [-0.4, -0.2) is 39.4 Å². The van der Waals surface area contributed by atoms with Gasteiger partial charge in [-0.3, -0.25) is 0 Å². The zero-order chi connectivity index (χ0) is 15.7. The molecule has 0 radical (unpaired) electrons. The first-order valence-electron chi connectivity index (χ1n) is 6.33. The first-order chi connectivity index (χ1) is 10.1. The Morgan fingerprint density at radius 2 is 1.95 bits per heavy atom. The molecule has 0 aromatic heterocycles. The van der Waals surface area contributed by atoms with Gasteiger partial charge in [0.2, 0.25) is 0 Å². The molecule has 0 aliphatic rings. The van der Waals surface area contributed by atoms with Gasteiger partial charge in [0.25, 0.3) is 0 Å². The van der Waals surface area contributed by atoms with Crippen molar-refractivity contribution in [1.29, 1.82) is 0 Å². The van der Waals surface area contributed by atoms with Gasteiger partial charge in [-0.05, 0) is 30.7 Å². The number of methoxy groups -OCH3 is 2. The molecule has 0 N–H and O–H groups in total. The molecule has 21 heavy (non-hydrogen) atoms. The smallest absolute Gasteiger partial charge is 0.343 e. The predicted molar refractivity (Wildman–Crippen MR) is 76.2 cm³/mol. The van der Waals surface area contributed by atoms with Gasteiger partial charge in [0.1, 0.15) is 0 Å². The van der Waals surface area contributed by atoms with Gasteiger partial charge in [0, 0.05) is 6.08 Å². The third-order valence-corrected chi connectivity index (χ3v) is 2.46. The van der Waals surface area contributed by atoms with Gasteiger partial charge in [-0.1, -0.05) is 6.07 Å². The number of benzene rings is 1. The highest BCUT2D eigenvalue weighted by molar-refractivity contribution is 5.87. The second kappa shape index (κ2) is 8.63. The van der Waals surface area contributed by atoms with E-state index in [4.69, 9.17) is 14.2 Å². The number of hydrogen-bond donors (Lipinski definition) is 0. The fourth-order valence-corrected chi connectivity index (χ4v) is 1.46. The molecule has 0 spiro atoms. The molecule has 0 bridgehead atoms. The average molecular weight is 294 g/mol. The van der Waals surface area contributed by atoms with E-state index in [2.05, 4.69) is 4.74 Å². The van der Waals surface area contributed by atoms with Gasteiger partial charge >= 0.3 is 11.9 Å². The van der Waals surface area contributed by atoms with Crippen LogP contribution < -0.4 is 9.47 Å². The number of rotatable bonds is 7. The first-order valence-corrected chi connectivity index (χ1v) is 6.33. The minimum Gasteiger partial charge on any atom is -0.493 e. The Kier molecular flexibility index (Phi) is 6.80. The summed E-state index contributed by atoms with van der Waals surface area (Å²) in [7, 11) is 2.77. The van der Waals surface area contributed by atoms with Crippen molar-refractivity contribution in [1.82, 2.24) is 0 Å².